The van der Waals surface area contributed by atoms with E-state index in [0.29, 0.717) is 17.7 Å². The van der Waals surface area contributed by atoms with Crippen LogP contribution in [0.15, 0.2) is 23.1 Å². The number of fused-ring (bicyclic) bond motifs is 1. The van der Waals surface area contributed by atoms with E-state index in [-0.39, 0.29) is 5.91 Å². The predicted molar refractivity (Wildman–Crippen MR) is 89.1 cm³/mol. The van der Waals surface area contributed by atoms with Crippen molar-refractivity contribution < 1.29 is 4.79 Å². The van der Waals surface area contributed by atoms with Crippen LogP contribution >= 0.6 is 11.8 Å². The van der Waals surface area contributed by atoms with Crippen LogP contribution in [0.3, 0.4) is 0 Å². The van der Waals surface area contributed by atoms with Crippen molar-refractivity contribution >= 4 is 29.0 Å². The summed E-state index contributed by atoms with van der Waals surface area (Å²) in [6, 6.07) is 6.72. The van der Waals surface area contributed by atoms with Gasteiger partial charge < -0.3 is 15.5 Å². The van der Waals surface area contributed by atoms with Crippen LogP contribution in [0, 0.1) is 5.92 Å². The lowest BCUT2D eigenvalue weighted by molar-refractivity contribution is -0.113. The minimum absolute atomic E-state index is 0.0894. The quantitative estimate of drug-likeness (QED) is 0.901. The summed E-state index contributed by atoms with van der Waals surface area (Å²) in [5, 5.41) is 6.56. The van der Waals surface area contributed by atoms with E-state index in [1.165, 1.54) is 19.4 Å². The standard InChI is InChI=1S/C16H23N3OS/c1-11(12-4-3-7-19(2)9-12)17-13-5-6-15-14(8-13)18-16(20)10-21-15/h5-6,8,11-12,17H,3-4,7,9-10H2,1-2H3,(H,18,20). The molecule has 2 atom stereocenters. The molecule has 114 valence electrons. The zero-order chi connectivity index (χ0) is 14.8. The molecule has 5 heteroatoms. The van der Waals surface area contributed by atoms with Crippen molar-refractivity contribution in [1.82, 2.24) is 4.90 Å². The molecule has 3 rings (SSSR count). The summed E-state index contributed by atoms with van der Waals surface area (Å²) in [6.07, 6.45) is 2.57. The number of likely N-dealkylation sites (tertiary alicyclic amines) is 1. The van der Waals surface area contributed by atoms with Gasteiger partial charge in [-0.1, -0.05) is 0 Å². The molecule has 2 unspecified atom stereocenters. The lowest BCUT2D eigenvalue weighted by Gasteiger charge is -2.34. The minimum atomic E-state index is 0.0894. The first-order chi connectivity index (χ1) is 10.1. The second-order valence-corrected chi connectivity index (χ2v) is 7.16. The summed E-state index contributed by atoms with van der Waals surface area (Å²) in [5.41, 5.74) is 2.03. The van der Waals surface area contributed by atoms with Crippen LogP contribution in [0.2, 0.25) is 0 Å². The molecule has 1 fully saturated rings. The topological polar surface area (TPSA) is 44.4 Å². The molecule has 0 saturated carbocycles. The molecule has 2 aliphatic rings. The number of carbonyl (C=O) groups excluding carboxylic acids is 1. The number of piperidine rings is 1. The van der Waals surface area contributed by atoms with Crippen molar-refractivity contribution in [3.05, 3.63) is 18.2 Å². The lowest BCUT2D eigenvalue weighted by Crippen LogP contribution is -2.39. The van der Waals surface area contributed by atoms with Gasteiger partial charge in [-0.15, -0.1) is 11.8 Å². The Kier molecular flexibility index (Phi) is 4.40. The molecule has 1 saturated heterocycles. The van der Waals surface area contributed by atoms with E-state index in [1.54, 1.807) is 11.8 Å². The average molecular weight is 305 g/mol. The summed E-state index contributed by atoms with van der Waals surface area (Å²) in [6.45, 7) is 4.63. The number of nitrogens with one attached hydrogen (secondary N) is 2. The van der Waals surface area contributed by atoms with E-state index >= 15 is 0 Å². The van der Waals surface area contributed by atoms with Crippen LogP contribution in [-0.2, 0) is 4.79 Å². The van der Waals surface area contributed by atoms with E-state index in [1.807, 2.05) is 0 Å². The maximum Gasteiger partial charge on any atom is 0.234 e. The zero-order valence-corrected chi connectivity index (χ0v) is 13.5. The van der Waals surface area contributed by atoms with Crippen molar-refractivity contribution in [3.8, 4) is 0 Å². The number of amides is 1. The third-order valence-electron chi connectivity index (χ3n) is 4.37. The lowest BCUT2D eigenvalue weighted by atomic mass is 9.92. The number of rotatable bonds is 3. The molecule has 2 aliphatic heterocycles. The monoisotopic (exact) mass is 305 g/mol. The summed E-state index contributed by atoms with van der Waals surface area (Å²) in [4.78, 5) is 15.1. The number of hydrogen-bond acceptors (Lipinski definition) is 4. The predicted octanol–water partition coefficient (Wildman–Crippen LogP) is 2.87. The first-order valence-electron chi connectivity index (χ1n) is 7.63. The van der Waals surface area contributed by atoms with Gasteiger partial charge in [0.2, 0.25) is 5.91 Å². The van der Waals surface area contributed by atoms with E-state index in [2.05, 4.69) is 47.7 Å². The van der Waals surface area contributed by atoms with Gasteiger partial charge in [0.05, 0.1) is 11.4 Å². The molecule has 1 amide bonds. The average Bonchev–Trinajstić information content (AvgIpc) is 2.46. The summed E-state index contributed by atoms with van der Waals surface area (Å²) in [7, 11) is 2.20. The largest absolute Gasteiger partial charge is 0.382 e. The highest BCUT2D eigenvalue weighted by molar-refractivity contribution is 8.00. The number of benzene rings is 1. The van der Waals surface area contributed by atoms with Crippen molar-refractivity contribution in [2.45, 2.75) is 30.7 Å². The van der Waals surface area contributed by atoms with Gasteiger partial charge in [0.15, 0.2) is 0 Å². The normalized spacial score (nSPS) is 24.1. The molecule has 0 radical (unpaired) electrons. The van der Waals surface area contributed by atoms with E-state index in [9.17, 15) is 4.79 Å². The Balaban J connectivity index is 1.67. The van der Waals surface area contributed by atoms with Gasteiger partial charge in [0, 0.05) is 23.2 Å². The molecule has 0 aliphatic carbocycles. The van der Waals surface area contributed by atoms with Gasteiger partial charge >= 0.3 is 0 Å². The minimum Gasteiger partial charge on any atom is -0.382 e. The Labute approximate surface area is 130 Å². The SMILES string of the molecule is CC(Nc1ccc2c(c1)NC(=O)CS2)C1CCCN(C)C1. The van der Waals surface area contributed by atoms with Crippen LogP contribution < -0.4 is 10.6 Å². The molecule has 0 spiro atoms. The molecular formula is C16H23N3OS. The second-order valence-electron chi connectivity index (χ2n) is 6.15. The number of anilines is 2. The molecule has 1 aromatic carbocycles. The highest BCUT2D eigenvalue weighted by Crippen LogP contribution is 2.34. The third kappa shape index (κ3) is 3.52. The van der Waals surface area contributed by atoms with Crippen LogP contribution in [0.1, 0.15) is 19.8 Å². The maximum absolute atomic E-state index is 11.5. The number of thioether (sulfide) groups is 1. The fourth-order valence-corrected chi connectivity index (χ4v) is 3.96. The van der Waals surface area contributed by atoms with Crippen LogP contribution in [0.5, 0.6) is 0 Å². The van der Waals surface area contributed by atoms with Crippen molar-refractivity contribution in [2.75, 3.05) is 36.5 Å². The van der Waals surface area contributed by atoms with Gasteiger partial charge in [-0.2, -0.15) is 0 Å². The first-order valence-corrected chi connectivity index (χ1v) is 8.62. The highest BCUT2D eigenvalue weighted by atomic mass is 32.2. The summed E-state index contributed by atoms with van der Waals surface area (Å²) >= 11 is 1.61. The van der Waals surface area contributed by atoms with Gasteiger partial charge in [-0.25, -0.2) is 0 Å². The summed E-state index contributed by atoms with van der Waals surface area (Å²) in [5.74, 6) is 1.29. The first kappa shape index (κ1) is 14.7. The number of carbonyl (C=O) groups is 1. The van der Waals surface area contributed by atoms with Gasteiger partial charge in [-0.05, 0) is 57.5 Å². The molecule has 21 heavy (non-hydrogen) atoms. The second kappa shape index (κ2) is 6.28. The Morgan fingerprint density at radius 3 is 3.14 bits per heavy atom. The highest BCUT2D eigenvalue weighted by Gasteiger charge is 2.23. The van der Waals surface area contributed by atoms with Gasteiger partial charge in [0.1, 0.15) is 0 Å². The Morgan fingerprint density at radius 1 is 1.48 bits per heavy atom. The molecule has 0 aromatic heterocycles. The Bertz CT molecular complexity index is 534. The smallest absolute Gasteiger partial charge is 0.234 e. The zero-order valence-electron chi connectivity index (χ0n) is 12.7. The van der Waals surface area contributed by atoms with Crippen molar-refractivity contribution in [2.24, 2.45) is 5.92 Å². The summed E-state index contributed by atoms with van der Waals surface area (Å²) < 4.78 is 0. The fourth-order valence-electron chi connectivity index (χ4n) is 3.17. The van der Waals surface area contributed by atoms with Crippen LogP contribution in [0.4, 0.5) is 11.4 Å². The van der Waals surface area contributed by atoms with E-state index < -0.39 is 0 Å². The fraction of sp³-hybridized carbons (Fsp3) is 0.562. The molecule has 4 nitrogen and oxygen atoms in total. The Morgan fingerprint density at radius 2 is 2.33 bits per heavy atom. The number of nitrogens with zero attached hydrogens (tertiary/aromatic N) is 1. The molecule has 1 aromatic rings. The van der Waals surface area contributed by atoms with Gasteiger partial charge in [0.25, 0.3) is 0 Å². The maximum atomic E-state index is 11.5. The molecule has 2 heterocycles. The van der Waals surface area contributed by atoms with E-state index in [0.717, 1.165) is 22.8 Å². The van der Waals surface area contributed by atoms with Crippen molar-refractivity contribution in [3.63, 3.8) is 0 Å². The third-order valence-corrected chi connectivity index (χ3v) is 5.45. The molecule has 2 N–H and O–H groups in total. The molecular weight excluding hydrogens is 282 g/mol. The van der Waals surface area contributed by atoms with E-state index in [4.69, 9.17) is 0 Å². The van der Waals surface area contributed by atoms with Crippen molar-refractivity contribution in [1.29, 1.82) is 0 Å². The van der Waals surface area contributed by atoms with Crippen LogP contribution in [0.25, 0.3) is 0 Å². The Hall–Kier alpha value is -1.20. The van der Waals surface area contributed by atoms with Gasteiger partial charge in [-0.3, -0.25) is 4.79 Å². The molecule has 0 bridgehead atoms. The van der Waals surface area contributed by atoms with Crippen LogP contribution in [-0.4, -0.2) is 42.7 Å². The number of hydrogen-bond donors (Lipinski definition) is 2.